The Balaban J connectivity index is 2.13. The van der Waals surface area contributed by atoms with Crippen LogP contribution in [0, 0.1) is 11.8 Å². The van der Waals surface area contributed by atoms with Crippen molar-refractivity contribution in [2.75, 3.05) is 6.54 Å². The van der Waals surface area contributed by atoms with Crippen molar-refractivity contribution in [3.05, 3.63) is 30.1 Å². The van der Waals surface area contributed by atoms with Crippen molar-refractivity contribution in [1.82, 2.24) is 9.88 Å². The molecule has 21 heavy (non-hydrogen) atoms. The van der Waals surface area contributed by atoms with Gasteiger partial charge in [-0.2, -0.15) is 0 Å². The highest BCUT2D eigenvalue weighted by molar-refractivity contribution is 5.71. The average molecular weight is 290 g/mol. The number of aliphatic carboxylic acids is 1. The maximum absolute atomic E-state index is 11.6. The fourth-order valence-corrected chi connectivity index (χ4v) is 3.48. The van der Waals surface area contributed by atoms with E-state index in [1.54, 1.807) is 12.4 Å². The van der Waals surface area contributed by atoms with Crippen molar-refractivity contribution >= 4 is 5.97 Å². The summed E-state index contributed by atoms with van der Waals surface area (Å²) >= 11 is 0. The van der Waals surface area contributed by atoms with Crippen molar-refractivity contribution in [1.29, 1.82) is 0 Å². The van der Waals surface area contributed by atoms with Gasteiger partial charge in [0.05, 0.1) is 5.92 Å². The van der Waals surface area contributed by atoms with Crippen molar-refractivity contribution < 1.29 is 9.90 Å². The Hall–Kier alpha value is -1.42. The molecule has 3 unspecified atom stereocenters. The van der Waals surface area contributed by atoms with Crippen molar-refractivity contribution in [3.8, 4) is 0 Å². The van der Waals surface area contributed by atoms with Crippen LogP contribution in [0.5, 0.6) is 0 Å². The zero-order chi connectivity index (χ0) is 15.2. The van der Waals surface area contributed by atoms with Gasteiger partial charge in [-0.1, -0.05) is 20.3 Å². The number of aromatic nitrogens is 1. The van der Waals surface area contributed by atoms with Gasteiger partial charge in [-0.15, -0.1) is 0 Å². The SMILES string of the molecule is CCC1CCC(C(=O)O)C(N(CC)Cc2ccncc2)C1. The van der Waals surface area contributed by atoms with Gasteiger partial charge in [-0.25, -0.2) is 0 Å². The lowest BCUT2D eigenvalue weighted by atomic mass is 9.76. The van der Waals surface area contributed by atoms with Gasteiger partial charge in [-0.3, -0.25) is 14.7 Å². The number of hydrogen-bond acceptors (Lipinski definition) is 3. The molecule has 1 aliphatic carbocycles. The molecule has 1 fully saturated rings. The minimum Gasteiger partial charge on any atom is -0.481 e. The molecule has 1 heterocycles. The van der Waals surface area contributed by atoms with Crippen LogP contribution in [0.15, 0.2) is 24.5 Å². The number of hydrogen-bond donors (Lipinski definition) is 1. The molecule has 0 radical (unpaired) electrons. The molecule has 0 saturated heterocycles. The van der Waals surface area contributed by atoms with Gasteiger partial charge in [0.15, 0.2) is 0 Å². The number of carboxylic acid groups (broad SMARTS) is 1. The predicted octanol–water partition coefficient (Wildman–Crippen LogP) is 3.18. The molecular weight excluding hydrogens is 264 g/mol. The standard InChI is InChI=1S/C17H26N2O2/c1-3-13-5-6-15(17(20)21)16(11-13)19(4-2)12-14-7-9-18-10-8-14/h7-10,13,15-16H,3-6,11-12H2,1-2H3,(H,20,21). The van der Waals surface area contributed by atoms with E-state index in [0.29, 0.717) is 5.92 Å². The third-order valence-electron chi connectivity index (χ3n) is 4.83. The first-order valence-electron chi connectivity index (χ1n) is 8.01. The fraction of sp³-hybridized carbons (Fsp3) is 0.647. The maximum atomic E-state index is 11.6. The van der Waals surface area contributed by atoms with E-state index in [0.717, 1.165) is 38.8 Å². The molecule has 3 atom stereocenters. The number of carbonyl (C=O) groups is 1. The molecule has 0 spiro atoms. The molecule has 4 heteroatoms. The Morgan fingerprint density at radius 1 is 1.33 bits per heavy atom. The molecule has 1 saturated carbocycles. The zero-order valence-electron chi connectivity index (χ0n) is 13.0. The van der Waals surface area contributed by atoms with Gasteiger partial charge >= 0.3 is 5.97 Å². The summed E-state index contributed by atoms with van der Waals surface area (Å²) in [6.45, 7) is 6.02. The summed E-state index contributed by atoms with van der Waals surface area (Å²) in [4.78, 5) is 18.0. The quantitative estimate of drug-likeness (QED) is 0.874. The largest absolute Gasteiger partial charge is 0.481 e. The highest BCUT2D eigenvalue weighted by Gasteiger charge is 2.37. The summed E-state index contributed by atoms with van der Waals surface area (Å²) in [5, 5.41) is 9.54. The van der Waals surface area contributed by atoms with Crippen molar-refractivity contribution in [2.24, 2.45) is 11.8 Å². The second-order valence-electron chi connectivity index (χ2n) is 6.02. The molecule has 1 aromatic heterocycles. The van der Waals surface area contributed by atoms with Crippen LogP contribution in [0.25, 0.3) is 0 Å². The van der Waals surface area contributed by atoms with E-state index in [2.05, 4.69) is 23.7 Å². The Kier molecular flexibility index (Phi) is 5.74. The monoisotopic (exact) mass is 290 g/mol. The normalized spacial score (nSPS) is 26.0. The zero-order valence-corrected chi connectivity index (χ0v) is 13.0. The molecule has 1 aromatic rings. The van der Waals surface area contributed by atoms with E-state index < -0.39 is 5.97 Å². The lowest BCUT2D eigenvalue weighted by Crippen LogP contribution is -2.46. The van der Waals surface area contributed by atoms with Gasteiger partial charge < -0.3 is 5.11 Å². The first-order valence-corrected chi connectivity index (χ1v) is 8.01. The first kappa shape index (κ1) is 16.0. The van der Waals surface area contributed by atoms with Crippen molar-refractivity contribution in [2.45, 2.75) is 52.1 Å². The minimum atomic E-state index is -0.636. The molecule has 4 nitrogen and oxygen atoms in total. The van der Waals surface area contributed by atoms with Crippen molar-refractivity contribution in [3.63, 3.8) is 0 Å². The number of carboxylic acids is 1. The van der Waals surface area contributed by atoms with E-state index in [4.69, 9.17) is 0 Å². The van der Waals surface area contributed by atoms with Crippen LogP contribution in [0.1, 0.15) is 45.1 Å². The molecule has 0 bridgehead atoms. The maximum Gasteiger partial charge on any atom is 0.308 e. The lowest BCUT2D eigenvalue weighted by molar-refractivity contribution is -0.146. The molecule has 1 aliphatic rings. The van der Waals surface area contributed by atoms with Gasteiger partial charge in [0.1, 0.15) is 0 Å². The van der Waals surface area contributed by atoms with E-state index in [-0.39, 0.29) is 12.0 Å². The van der Waals surface area contributed by atoms with Crippen LogP contribution in [0.4, 0.5) is 0 Å². The van der Waals surface area contributed by atoms with Gasteiger partial charge in [0.25, 0.3) is 0 Å². The summed E-state index contributed by atoms with van der Waals surface area (Å²) in [6.07, 6.45) is 7.62. The van der Waals surface area contributed by atoms with Crippen LogP contribution in [0.3, 0.4) is 0 Å². The summed E-state index contributed by atoms with van der Waals surface area (Å²) in [5.74, 6) is -0.200. The highest BCUT2D eigenvalue weighted by atomic mass is 16.4. The van der Waals surface area contributed by atoms with E-state index >= 15 is 0 Å². The van der Waals surface area contributed by atoms with Crippen LogP contribution in [-0.2, 0) is 11.3 Å². The fourth-order valence-electron chi connectivity index (χ4n) is 3.48. The predicted molar refractivity (Wildman–Crippen MR) is 82.9 cm³/mol. The minimum absolute atomic E-state index is 0.152. The number of pyridine rings is 1. The van der Waals surface area contributed by atoms with Crippen LogP contribution >= 0.6 is 0 Å². The van der Waals surface area contributed by atoms with Gasteiger partial charge in [0, 0.05) is 25.0 Å². The molecule has 116 valence electrons. The van der Waals surface area contributed by atoms with E-state index in [1.165, 1.54) is 5.56 Å². The van der Waals surface area contributed by atoms with E-state index in [1.807, 2.05) is 12.1 Å². The topological polar surface area (TPSA) is 53.4 Å². The summed E-state index contributed by atoms with van der Waals surface area (Å²) in [6, 6.07) is 4.18. The Bertz CT molecular complexity index is 449. The number of nitrogens with zero attached hydrogens (tertiary/aromatic N) is 2. The lowest BCUT2D eigenvalue weighted by Gasteiger charge is -2.40. The van der Waals surface area contributed by atoms with Crippen LogP contribution in [0.2, 0.25) is 0 Å². The first-order chi connectivity index (χ1) is 10.2. The second-order valence-corrected chi connectivity index (χ2v) is 6.02. The van der Waals surface area contributed by atoms with Gasteiger partial charge in [-0.05, 0) is 49.4 Å². The third-order valence-corrected chi connectivity index (χ3v) is 4.83. The smallest absolute Gasteiger partial charge is 0.308 e. The molecule has 0 amide bonds. The third kappa shape index (κ3) is 4.03. The molecule has 0 aromatic carbocycles. The Morgan fingerprint density at radius 2 is 2.05 bits per heavy atom. The number of rotatable bonds is 6. The van der Waals surface area contributed by atoms with Crippen LogP contribution in [-0.4, -0.2) is 33.5 Å². The highest BCUT2D eigenvalue weighted by Crippen LogP contribution is 2.34. The summed E-state index contributed by atoms with van der Waals surface area (Å²) in [5.41, 5.74) is 1.20. The summed E-state index contributed by atoms with van der Waals surface area (Å²) in [7, 11) is 0. The average Bonchev–Trinajstić information content (AvgIpc) is 2.52. The molecule has 2 rings (SSSR count). The molecular formula is C17H26N2O2. The van der Waals surface area contributed by atoms with Crippen LogP contribution < -0.4 is 0 Å². The Labute approximate surface area is 127 Å². The molecule has 1 N–H and O–H groups in total. The Morgan fingerprint density at radius 3 is 2.62 bits per heavy atom. The summed E-state index contributed by atoms with van der Waals surface area (Å²) < 4.78 is 0. The van der Waals surface area contributed by atoms with Gasteiger partial charge in [0.2, 0.25) is 0 Å². The van der Waals surface area contributed by atoms with E-state index in [9.17, 15) is 9.90 Å². The molecule has 0 aliphatic heterocycles. The second kappa shape index (κ2) is 7.55.